The van der Waals surface area contributed by atoms with Crippen LogP contribution in [-0.4, -0.2) is 21.4 Å². The molecule has 0 fully saturated rings. The van der Waals surface area contributed by atoms with E-state index < -0.39 is 10.0 Å². The van der Waals surface area contributed by atoms with E-state index in [0.29, 0.717) is 11.4 Å². The van der Waals surface area contributed by atoms with Gasteiger partial charge in [0.05, 0.1) is 22.9 Å². The van der Waals surface area contributed by atoms with E-state index in [0.717, 1.165) is 0 Å². The summed E-state index contributed by atoms with van der Waals surface area (Å²) in [6.07, 6.45) is 1.53. The van der Waals surface area contributed by atoms with Gasteiger partial charge < -0.3 is 9.73 Å². The first kappa shape index (κ1) is 18.7. The molecule has 0 spiro atoms. The molecule has 0 aliphatic rings. The average Bonchev–Trinajstić information content (AvgIpc) is 3.23. The molecular formula is C20H20N2O4S. The average molecular weight is 384 g/mol. The molecular weight excluding hydrogens is 364 g/mol. The monoisotopic (exact) mass is 384 g/mol. The van der Waals surface area contributed by atoms with Gasteiger partial charge in [-0.15, -0.1) is 0 Å². The van der Waals surface area contributed by atoms with Gasteiger partial charge >= 0.3 is 0 Å². The highest BCUT2D eigenvalue weighted by molar-refractivity contribution is 7.92. The summed E-state index contributed by atoms with van der Waals surface area (Å²) in [4.78, 5) is 12.6. The molecule has 1 unspecified atom stereocenters. The van der Waals surface area contributed by atoms with Crippen LogP contribution in [0.25, 0.3) is 0 Å². The lowest BCUT2D eigenvalue weighted by Gasteiger charge is -2.20. The number of amides is 1. The van der Waals surface area contributed by atoms with Crippen LogP contribution in [0.3, 0.4) is 0 Å². The highest BCUT2D eigenvalue weighted by Gasteiger charge is 2.23. The van der Waals surface area contributed by atoms with Gasteiger partial charge in [0.25, 0.3) is 15.9 Å². The predicted octanol–water partition coefficient (Wildman–Crippen LogP) is 3.60. The Balaban J connectivity index is 1.83. The lowest BCUT2D eigenvalue weighted by atomic mass is 10.2. The fourth-order valence-corrected chi connectivity index (χ4v) is 3.86. The second kappa shape index (κ2) is 7.67. The van der Waals surface area contributed by atoms with E-state index in [1.807, 2.05) is 6.07 Å². The number of benzene rings is 2. The summed E-state index contributed by atoms with van der Waals surface area (Å²) >= 11 is 0. The summed E-state index contributed by atoms with van der Waals surface area (Å²) < 4.78 is 32.3. The SMILES string of the molecule is CC(NC(=O)c1cccc(S(=O)(=O)N(C)c2ccccc2)c1)c1ccco1. The Morgan fingerprint density at radius 1 is 1.04 bits per heavy atom. The van der Waals surface area contributed by atoms with Crippen molar-refractivity contribution < 1.29 is 17.6 Å². The molecule has 140 valence electrons. The quantitative estimate of drug-likeness (QED) is 0.704. The smallest absolute Gasteiger partial charge is 0.264 e. The van der Waals surface area contributed by atoms with Crippen LogP contribution in [-0.2, 0) is 10.0 Å². The van der Waals surface area contributed by atoms with Crippen LogP contribution in [0.5, 0.6) is 0 Å². The van der Waals surface area contributed by atoms with Crippen molar-refractivity contribution in [2.45, 2.75) is 17.9 Å². The molecule has 1 heterocycles. The molecule has 6 nitrogen and oxygen atoms in total. The van der Waals surface area contributed by atoms with Crippen molar-refractivity contribution in [1.29, 1.82) is 0 Å². The number of para-hydroxylation sites is 1. The molecule has 0 aliphatic carbocycles. The van der Waals surface area contributed by atoms with E-state index in [9.17, 15) is 13.2 Å². The van der Waals surface area contributed by atoms with Gasteiger partial charge in [0.15, 0.2) is 0 Å². The number of furan rings is 1. The summed E-state index contributed by atoms with van der Waals surface area (Å²) in [7, 11) is -2.30. The third kappa shape index (κ3) is 4.03. The second-order valence-electron chi connectivity index (χ2n) is 6.05. The van der Waals surface area contributed by atoms with Crippen LogP contribution in [0, 0.1) is 0 Å². The summed E-state index contributed by atoms with van der Waals surface area (Å²) in [6.45, 7) is 1.79. The van der Waals surface area contributed by atoms with Crippen molar-refractivity contribution in [2.24, 2.45) is 0 Å². The van der Waals surface area contributed by atoms with Crippen molar-refractivity contribution in [3.05, 3.63) is 84.3 Å². The highest BCUT2D eigenvalue weighted by atomic mass is 32.2. The number of rotatable bonds is 6. The molecule has 1 atom stereocenters. The topological polar surface area (TPSA) is 79.6 Å². The third-order valence-electron chi connectivity index (χ3n) is 4.19. The molecule has 0 saturated carbocycles. The normalized spacial score (nSPS) is 12.4. The molecule has 27 heavy (non-hydrogen) atoms. The van der Waals surface area contributed by atoms with Crippen molar-refractivity contribution in [2.75, 3.05) is 11.4 Å². The first-order valence-electron chi connectivity index (χ1n) is 8.38. The highest BCUT2D eigenvalue weighted by Crippen LogP contribution is 2.22. The Morgan fingerprint density at radius 3 is 2.44 bits per heavy atom. The number of carbonyl (C=O) groups excluding carboxylic acids is 1. The maximum Gasteiger partial charge on any atom is 0.264 e. The minimum Gasteiger partial charge on any atom is -0.467 e. The zero-order chi connectivity index (χ0) is 19.4. The maximum atomic E-state index is 12.9. The van der Waals surface area contributed by atoms with Gasteiger partial charge in [0.2, 0.25) is 0 Å². The molecule has 1 amide bonds. The Morgan fingerprint density at radius 2 is 1.78 bits per heavy atom. The van der Waals surface area contributed by atoms with Crippen molar-refractivity contribution >= 4 is 21.6 Å². The van der Waals surface area contributed by atoms with Gasteiger partial charge in [-0.3, -0.25) is 9.10 Å². The summed E-state index contributed by atoms with van der Waals surface area (Å²) in [5.41, 5.74) is 0.801. The predicted molar refractivity (Wildman–Crippen MR) is 103 cm³/mol. The molecule has 0 bridgehead atoms. The van der Waals surface area contributed by atoms with E-state index in [-0.39, 0.29) is 22.4 Å². The lowest BCUT2D eigenvalue weighted by Crippen LogP contribution is -2.28. The van der Waals surface area contributed by atoms with E-state index in [1.165, 1.54) is 29.7 Å². The van der Waals surface area contributed by atoms with Gasteiger partial charge in [0, 0.05) is 12.6 Å². The number of nitrogens with one attached hydrogen (secondary N) is 1. The zero-order valence-electron chi connectivity index (χ0n) is 15.0. The van der Waals surface area contributed by atoms with Crippen LogP contribution in [0.1, 0.15) is 29.1 Å². The number of nitrogens with zero attached hydrogens (tertiary/aromatic N) is 1. The third-order valence-corrected chi connectivity index (χ3v) is 5.97. The minimum atomic E-state index is -3.78. The first-order valence-corrected chi connectivity index (χ1v) is 9.82. The minimum absolute atomic E-state index is 0.0483. The fraction of sp³-hybridized carbons (Fsp3) is 0.150. The molecule has 0 aliphatic heterocycles. The van der Waals surface area contributed by atoms with E-state index in [1.54, 1.807) is 55.5 Å². The molecule has 0 radical (unpaired) electrons. The van der Waals surface area contributed by atoms with Crippen LogP contribution < -0.4 is 9.62 Å². The number of carbonyl (C=O) groups is 1. The number of sulfonamides is 1. The summed E-state index contributed by atoms with van der Waals surface area (Å²) in [5, 5.41) is 2.80. The lowest BCUT2D eigenvalue weighted by molar-refractivity contribution is 0.0935. The standard InChI is InChI=1S/C20H20N2O4S/c1-15(19-12-7-13-26-19)21-20(23)16-8-6-11-18(14-16)27(24,25)22(2)17-9-4-3-5-10-17/h3-15H,1-2H3,(H,21,23). The van der Waals surface area contributed by atoms with Gasteiger partial charge in [-0.05, 0) is 49.4 Å². The van der Waals surface area contributed by atoms with Gasteiger partial charge in [-0.25, -0.2) is 8.42 Å². The maximum absolute atomic E-state index is 12.9. The summed E-state index contributed by atoms with van der Waals surface area (Å²) in [5.74, 6) is 0.245. The Bertz CT molecular complexity index is 1020. The Kier molecular flexibility index (Phi) is 5.32. The first-order chi connectivity index (χ1) is 12.9. The molecule has 1 N–H and O–H groups in total. The molecule has 1 aromatic heterocycles. The van der Waals surface area contributed by atoms with Crippen LogP contribution in [0.15, 0.2) is 82.3 Å². The number of anilines is 1. The molecule has 3 aromatic rings. The van der Waals surface area contributed by atoms with E-state index >= 15 is 0 Å². The van der Waals surface area contributed by atoms with Gasteiger partial charge in [-0.1, -0.05) is 24.3 Å². The van der Waals surface area contributed by atoms with Crippen LogP contribution >= 0.6 is 0 Å². The fourth-order valence-electron chi connectivity index (χ4n) is 2.62. The largest absolute Gasteiger partial charge is 0.467 e. The van der Waals surface area contributed by atoms with Gasteiger partial charge in [-0.2, -0.15) is 0 Å². The molecule has 7 heteroatoms. The summed E-state index contributed by atoms with van der Waals surface area (Å²) in [6, 6.07) is 17.9. The number of hydrogen-bond acceptors (Lipinski definition) is 4. The van der Waals surface area contributed by atoms with Crippen LogP contribution in [0.2, 0.25) is 0 Å². The molecule has 0 saturated heterocycles. The zero-order valence-corrected chi connectivity index (χ0v) is 15.8. The Labute approximate surface area is 158 Å². The van der Waals surface area contributed by atoms with Crippen molar-refractivity contribution in [3.63, 3.8) is 0 Å². The van der Waals surface area contributed by atoms with Gasteiger partial charge in [0.1, 0.15) is 5.76 Å². The van der Waals surface area contributed by atoms with Crippen LogP contribution in [0.4, 0.5) is 5.69 Å². The van der Waals surface area contributed by atoms with E-state index in [2.05, 4.69) is 5.32 Å². The van der Waals surface area contributed by atoms with E-state index in [4.69, 9.17) is 4.42 Å². The molecule has 3 rings (SSSR count). The Hall–Kier alpha value is -3.06. The van der Waals surface area contributed by atoms with Crippen molar-refractivity contribution in [1.82, 2.24) is 5.32 Å². The number of hydrogen-bond donors (Lipinski definition) is 1. The van der Waals surface area contributed by atoms with Crippen molar-refractivity contribution in [3.8, 4) is 0 Å². The molecule has 2 aromatic carbocycles. The second-order valence-corrected chi connectivity index (χ2v) is 8.02.